The van der Waals surface area contributed by atoms with Gasteiger partial charge in [0, 0.05) is 29.7 Å². The van der Waals surface area contributed by atoms with Crippen molar-refractivity contribution < 1.29 is 13.2 Å². The van der Waals surface area contributed by atoms with Gasteiger partial charge in [-0.3, -0.25) is 4.79 Å². The van der Waals surface area contributed by atoms with Gasteiger partial charge in [-0.05, 0) is 63.3 Å². The van der Waals surface area contributed by atoms with Gasteiger partial charge in [-0.2, -0.15) is 4.31 Å². The van der Waals surface area contributed by atoms with Crippen molar-refractivity contribution in [2.24, 2.45) is 5.92 Å². The highest BCUT2D eigenvalue weighted by Gasteiger charge is 2.38. The average Bonchev–Trinajstić information content (AvgIpc) is 3.15. The molecule has 5 nitrogen and oxygen atoms in total. The molecule has 1 fully saturated rings. The Balaban J connectivity index is 1.57. The minimum absolute atomic E-state index is 0.0573. The Morgan fingerprint density at radius 3 is 2.68 bits per heavy atom. The summed E-state index contributed by atoms with van der Waals surface area (Å²) >= 11 is 1.29. The lowest BCUT2D eigenvalue weighted by Crippen LogP contribution is -2.50. The number of para-hydroxylation sites is 1. The molecule has 4 rings (SSSR count). The van der Waals surface area contributed by atoms with Crippen molar-refractivity contribution in [3.63, 3.8) is 0 Å². The summed E-state index contributed by atoms with van der Waals surface area (Å²) < 4.78 is 27.9. The smallest absolute Gasteiger partial charge is 0.252 e. The molecule has 1 aromatic carbocycles. The van der Waals surface area contributed by atoms with E-state index < -0.39 is 10.0 Å². The molecule has 0 N–H and O–H groups in total. The molecular formula is C21H26N2O3S2. The number of carbonyl (C=O) groups excluding carboxylic acids is 1. The van der Waals surface area contributed by atoms with Crippen LogP contribution in [0, 0.1) is 12.8 Å². The van der Waals surface area contributed by atoms with Crippen LogP contribution in [-0.2, 0) is 21.2 Å². The highest BCUT2D eigenvalue weighted by molar-refractivity contribution is 7.91. The van der Waals surface area contributed by atoms with Gasteiger partial charge in [0.1, 0.15) is 4.21 Å². The van der Waals surface area contributed by atoms with Gasteiger partial charge in [-0.25, -0.2) is 8.42 Å². The van der Waals surface area contributed by atoms with Gasteiger partial charge in [0.05, 0.1) is 5.92 Å². The first-order valence-electron chi connectivity index (χ1n) is 9.85. The lowest BCUT2D eigenvalue weighted by molar-refractivity contribution is -0.124. The van der Waals surface area contributed by atoms with Crippen molar-refractivity contribution >= 4 is 33.0 Å². The summed E-state index contributed by atoms with van der Waals surface area (Å²) in [6, 6.07) is 11.7. The topological polar surface area (TPSA) is 57.7 Å². The molecule has 0 spiro atoms. The fourth-order valence-corrected chi connectivity index (χ4v) is 7.22. The predicted molar refractivity (Wildman–Crippen MR) is 112 cm³/mol. The van der Waals surface area contributed by atoms with Crippen LogP contribution in [-0.4, -0.2) is 37.8 Å². The van der Waals surface area contributed by atoms with E-state index in [0.717, 1.165) is 29.8 Å². The molecule has 3 heterocycles. The van der Waals surface area contributed by atoms with Gasteiger partial charge in [0.25, 0.3) is 10.0 Å². The second-order valence-corrected chi connectivity index (χ2v) is 11.2. The summed E-state index contributed by atoms with van der Waals surface area (Å²) in [5.74, 6) is -0.236. The Kier molecular flexibility index (Phi) is 5.33. The lowest BCUT2D eigenvalue weighted by Gasteiger charge is -2.39. The van der Waals surface area contributed by atoms with E-state index in [-0.39, 0.29) is 24.4 Å². The van der Waals surface area contributed by atoms with E-state index in [1.54, 1.807) is 6.07 Å². The van der Waals surface area contributed by atoms with Crippen molar-refractivity contribution in [3.8, 4) is 0 Å². The second-order valence-electron chi connectivity index (χ2n) is 7.79. The number of carbonyl (C=O) groups is 1. The molecule has 0 radical (unpaired) electrons. The maximum Gasteiger partial charge on any atom is 0.252 e. The molecule has 0 aliphatic carbocycles. The highest BCUT2D eigenvalue weighted by Crippen LogP contribution is 2.34. The first-order valence-corrected chi connectivity index (χ1v) is 12.1. The Morgan fingerprint density at radius 1 is 1.14 bits per heavy atom. The molecule has 2 unspecified atom stereocenters. The van der Waals surface area contributed by atoms with Crippen molar-refractivity contribution in [3.05, 3.63) is 46.8 Å². The van der Waals surface area contributed by atoms with Crippen LogP contribution in [0.25, 0.3) is 0 Å². The number of sulfonamides is 1. The van der Waals surface area contributed by atoms with E-state index in [4.69, 9.17) is 0 Å². The summed E-state index contributed by atoms with van der Waals surface area (Å²) in [6.07, 6.45) is 3.36. The fourth-order valence-electron chi connectivity index (χ4n) is 4.26. The third-order valence-corrected chi connectivity index (χ3v) is 9.14. The van der Waals surface area contributed by atoms with Crippen LogP contribution in [0.5, 0.6) is 0 Å². The number of piperidine rings is 1. The van der Waals surface area contributed by atoms with Crippen LogP contribution in [0.1, 0.15) is 36.6 Å². The van der Waals surface area contributed by atoms with Crippen molar-refractivity contribution in [1.29, 1.82) is 0 Å². The molecule has 2 aliphatic rings. The van der Waals surface area contributed by atoms with Gasteiger partial charge in [0.2, 0.25) is 5.91 Å². The Hall–Kier alpha value is -1.70. The molecule has 2 aliphatic heterocycles. The summed E-state index contributed by atoms with van der Waals surface area (Å²) in [7, 11) is -3.53. The Bertz CT molecular complexity index is 983. The zero-order valence-electron chi connectivity index (χ0n) is 16.3. The predicted octanol–water partition coefficient (Wildman–Crippen LogP) is 3.83. The molecular weight excluding hydrogens is 392 g/mol. The standard InChI is InChI=1S/C21H26N2O3S2/c1-15-9-11-17-6-3-4-8-19(17)23(15)21(24)18-7-5-13-22(14-18)28(25,26)20-12-10-16(2)27-20/h3-4,6,8,10,12,15,18H,5,7,9,11,13-14H2,1-2H3. The number of hydrogen-bond donors (Lipinski definition) is 0. The molecule has 2 aromatic rings. The number of amides is 1. The molecule has 1 amide bonds. The lowest BCUT2D eigenvalue weighted by atomic mass is 9.92. The number of benzene rings is 1. The zero-order valence-corrected chi connectivity index (χ0v) is 17.9. The SMILES string of the molecule is Cc1ccc(S(=O)(=O)N2CCCC(C(=O)N3c4ccccc4CCC3C)C2)s1. The number of anilines is 1. The minimum Gasteiger partial charge on any atom is -0.309 e. The van der Waals surface area contributed by atoms with E-state index in [2.05, 4.69) is 13.0 Å². The largest absolute Gasteiger partial charge is 0.309 e. The van der Waals surface area contributed by atoms with E-state index in [1.807, 2.05) is 36.1 Å². The molecule has 150 valence electrons. The third kappa shape index (κ3) is 3.51. The normalized spacial score (nSPS) is 23.4. The number of rotatable bonds is 3. The van der Waals surface area contributed by atoms with Crippen LogP contribution in [0.2, 0.25) is 0 Å². The maximum atomic E-state index is 13.4. The zero-order chi connectivity index (χ0) is 19.9. The first kappa shape index (κ1) is 19.6. The van der Waals surface area contributed by atoms with Gasteiger partial charge in [0.15, 0.2) is 0 Å². The van der Waals surface area contributed by atoms with Crippen LogP contribution in [0.4, 0.5) is 5.69 Å². The Labute approximate surface area is 171 Å². The molecule has 0 bridgehead atoms. The van der Waals surface area contributed by atoms with Crippen molar-refractivity contribution in [1.82, 2.24) is 4.31 Å². The molecule has 28 heavy (non-hydrogen) atoms. The number of nitrogens with zero attached hydrogens (tertiary/aromatic N) is 2. The van der Waals surface area contributed by atoms with E-state index in [1.165, 1.54) is 21.2 Å². The Morgan fingerprint density at radius 2 is 1.93 bits per heavy atom. The van der Waals surface area contributed by atoms with Crippen LogP contribution in [0.3, 0.4) is 0 Å². The summed E-state index contributed by atoms with van der Waals surface area (Å²) in [4.78, 5) is 16.3. The maximum absolute atomic E-state index is 13.4. The molecule has 1 saturated heterocycles. The molecule has 2 atom stereocenters. The van der Waals surface area contributed by atoms with Gasteiger partial charge in [-0.15, -0.1) is 11.3 Å². The number of hydrogen-bond acceptors (Lipinski definition) is 4. The van der Waals surface area contributed by atoms with Crippen molar-refractivity contribution in [2.75, 3.05) is 18.0 Å². The van der Waals surface area contributed by atoms with Gasteiger partial charge >= 0.3 is 0 Å². The van der Waals surface area contributed by atoms with Crippen LogP contribution in [0.15, 0.2) is 40.6 Å². The molecule has 0 saturated carbocycles. The monoisotopic (exact) mass is 418 g/mol. The van der Waals surface area contributed by atoms with Crippen LogP contribution < -0.4 is 4.90 Å². The summed E-state index contributed by atoms with van der Waals surface area (Å²) in [5, 5.41) is 0. The number of aryl methyl sites for hydroxylation is 2. The first-order chi connectivity index (χ1) is 13.4. The molecule has 7 heteroatoms. The summed E-state index contributed by atoms with van der Waals surface area (Å²) in [6.45, 7) is 4.74. The number of fused-ring (bicyclic) bond motifs is 1. The minimum atomic E-state index is -3.53. The van der Waals surface area contributed by atoms with Gasteiger partial charge < -0.3 is 4.90 Å². The van der Waals surface area contributed by atoms with E-state index >= 15 is 0 Å². The van der Waals surface area contributed by atoms with E-state index in [0.29, 0.717) is 17.2 Å². The van der Waals surface area contributed by atoms with Gasteiger partial charge in [-0.1, -0.05) is 18.2 Å². The average molecular weight is 419 g/mol. The van der Waals surface area contributed by atoms with E-state index in [9.17, 15) is 13.2 Å². The third-order valence-electron chi connectivity index (χ3n) is 5.80. The van der Waals surface area contributed by atoms with Crippen molar-refractivity contribution in [2.45, 2.75) is 49.8 Å². The second kappa shape index (κ2) is 7.61. The van der Waals surface area contributed by atoms with Crippen LogP contribution >= 0.6 is 11.3 Å². The number of thiophene rings is 1. The molecule has 1 aromatic heterocycles. The summed E-state index contributed by atoms with van der Waals surface area (Å²) in [5.41, 5.74) is 2.18. The highest BCUT2D eigenvalue weighted by atomic mass is 32.2. The quantitative estimate of drug-likeness (QED) is 0.761. The fraction of sp³-hybridized carbons (Fsp3) is 0.476.